The molecule has 0 bridgehead atoms. The van der Waals surface area contributed by atoms with Gasteiger partial charge < -0.3 is 20.7 Å². The minimum Gasteiger partial charge on any atom is -0.394 e. The summed E-state index contributed by atoms with van der Waals surface area (Å²) in [5, 5.41) is 17.1. The van der Waals surface area contributed by atoms with Crippen molar-refractivity contribution in [1.82, 2.24) is 0 Å². The van der Waals surface area contributed by atoms with Gasteiger partial charge in [0.25, 0.3) is 0 Å². The highest BCUT2D eigenvalue weighted by molar-refractivity contribution is 6.11. The minimum atomic E-state index is -0.345. The van der Waals surface area contributed by atoms with E-state index in [0.29, 0.717) is 0 Å². The molecule has 0 fully saturated rings. The zero-order valence-corrected chi connectivity index (χ0v) is 6.16. The van der Waals surface area contributed by atoms with Gasteiger partial charge in [-0.1, -0.05) is 0 Å². The molecule has 10 heavy (non-hydrogen) atoms. The molecule has 2 atom stereocenters. The molecule has 0 aromatic carbocycles. The summed E-state index contributed by atoms with van der Waals surface area (Å²) in [6, 6.07) is -0.249. The normalized spacial score (nSPS) is 16.7. The van der Waals surface area contributed by atoms with E-state index >= 15 is 0 Å². The van der Waals surface area contributed by atoms with Gasteiger partial charge in [-0.15, -0.1) is 0 Å². The van der Waals surface area contributed by atoms with Gasteiger partial charge in [0.05, 0.1) is 19.3 Å². The Balaban J connectivity index is 3.41. The first kappa shape index (κ1) is 9.90. The van der Waals surface area contributed by atoms with E-state index in [-0.39, 0.29) is 31.9 Å². The Hall–Kier alpha value is -0.0951. The standard InChI is InChI=1S/C5H14BNO3/c6-5(3-9)10-4(1-7)2-8/h4-5,8-9H,1-3,6-7H2/t4-,5+/m0/s1. The molecule has 0 aliphatic heterocycles. The van der Waals surface area contributed by atoms with Crippen LogP contribution >= 0.6 is 0 Å². The van der Waals surface area contributed by atoms with Crippen molar-refractivity contribution in [3.63, 3.8) is 0 Å². The molecule has 0 heterocycles. The predicted molar refractivity (Wildman–Crippen MR) is 40.4 cm³/mol. The topological polar surface area (TPSA) is 75.7 Å². The molecule has 0 spiro atoms. The summed E-state index contributed by atoms with van der Waals surface area (Å²) in [7, 11) is 1.72. The molecule has 0 rings (SSSR count). The first-order chi connectivity index (χ1) is 4.74. The van der Waals surface area contributed by atoms with E-state index in [4.69, 9.17) is 20.7 Å². The van der Waals surface area contributed by atoms with E-state index in [9.17, 15) is 0 Å². The average molecular weight is 147 g/mol. The number of aliphatic hydroxyl groups is 2. The third-order valence-electron chi connectivity index (χ3n) is 1.15. The number of hydrogen-bond donors (Lipinski definition) is 3. The van der Waals surface area contributed by atoms with Crippen LogP contribution in [0, 0.1) is 0 Å². The van der Waals surface area contributed by atoms with Gasteiger partial charge in [-0.25, -0.2) is 0 Å². The fraction of sp³-hybridized carbons (Fsp3) is 1.00. The Morgan fingerprint density at radius 3 is 2.30 bits per heavy atom. The summed E-state index contributed by atoms with van der Waals surface area (Å²) in [5.74, 6) is 0. The van der Waals surface area contributed by atoms with E-state index in [1.165, 1.54) is 0 Å². The Kier molecular flexibility index (Phi) is 5.62. The van der Waals surface area contributed by atoms with Crippen molar-refractivity contribution in [3.8, 4) is 0 Å². The van der Waals surface area contributed by atoms with Gasteiger partial charge in [-0.2, -0.15) is 0 Å². The van der Waals surface area contributed by atoms with Crippen LogP contribution in [0.3, 0.4) is 0 Å². The van der Waals surface area contributed by atoms with E-state index < -0.39 is 0 Å². The van der Waals surface area contributed by atoms with Crippen molar-refractivity contribution in [1.29, 1.82) is 0 Å². The van der Waals surface area contributed by atoms with Crippen LogP contribution in [0.4, 0.5) is 0 Å². The molecule has 5 heteroatoms. The molecule has 0 saturated heterocycles. The van der Waals surface area contributed by atoms with Gasteiger partial charge in [0.15, 0.2) is 0 Å². The molecule has 0 saturated carbocycles. The Bertz CT molecular complexity index is 79.3. The zero-order chi connectivity index (χ0) is 7.98. The number of hydrogen-bond acceptors (Lipinski definition) is 4. The van der Waals surface area contributed by atoms with E-state index in [1.54, 1.807) is 7.85 Å². The average Bonchev–Trinajstić information content (AvgIpc) is 1.99. The van der Waals surface area contributed by atoms with Crippen LogP contribution in [0.1, 0.15) is 0 Å². The van der Waals surface area contributed by atoms with E-state index in [1.807, 2.05) is 0 Å². The molecule has 0 aromatic rings. The quantitative estimate of drug-likeness (QED) is 0.369. The van der Waals surface area contributed by atoms with Crippen LogP contribution < -0.4 is 5.73 Å². The summed E-state index contributed by atoms with van der Waals surface area (Å²) in [6.45, 7) is 0.137. The van der Waals surface area contributed by atoms with Crippen LogP contribution in [0.5, 0.6) is 0 Å². The lowest BCUT2D eigenvalue weighted by molar-refractivity contribution is -0.0188. The van der Waals surface area contributed by atoms with E-state index in [2.05, 4.69) is 0 Å². The molecule has 4 nitrogen and oxygen atoms in total. The highest BCUT2D eigenvalue weighted by atomic mass is 16.5. The first-order valence-electron chi connectivity index (χ1n) is 3.31. The third-order valence-corrected chi connectivity index (χ3v) is 1.15. The second kappa shape index (κ2) is 5.67. The van der Waals surface area contributed by atoms with Crippen LogP contribution in [0.15, 0.2) is 0 Å². The first-order valence-corrected chi connectivity index (χ1v) is 3.31. The summed E-state index contributed by atoms with van der Waals surface area (Å²) in [4.78, 5) is 0. The minimum absolute atomic E-state index is 0.0451. The fourth-order valence-corrected chi connectivity index (χ4v) is 0.545. The maximum Gasteiger partial charge on any atom is 0.142 e. The zero-order valence-electron chi connectivity index (χ0n) is 6.16. The van der Waals surface area contributed by atoms with Gasteiger partial charge in [0.1, 0.15) is 7.85 Å². The van der Waals surface area contributed by atoms with Crippen LogP contribution in [-0.2, 0) is 4.74 Å². The Morgan fingerprint density at radius 2 is 2.00 bits per heavy atom. The lowest BCUT2D eigenvalue weighted by atomic mass is 10.0. The molecule has 0 radical (unpaired) electrons. The molecule has 0 unspecified atom stereocenters. The fourth-order valence-electron chi connectivity index (χ4n) is 0.545. The second-order valence-electron chi connectivity index (χ2n) is 2.17. The summed E-state index contributed by atoms with van der Waals surface area (Å²) in [6.07, 6.45) is -0.345. The molecule has 4 N–H and O–H groups in total. The Morgan fingerprint density at radius 1 is 1.40 bits per heavy atom. The smallest absolute Gasteiger partial charge is 0.142 e. The molecule has 0 amide bonds. The maximum atomic E-state index is 8.58. The van der Waals surface area contributed by atoms with Gasteiger partial charge in [0, 0.05) is 12.5 Å². The van der Waals surface area contributed by atoms with Crippen molar-refractivity contribution in [3.05, 3.63) is 0 Å². The monoisotopic (exact) mass is 147 g/mol. The number of aliphatic hydroxyl groups excluding tert-OH is 2. The molecule has 60 valence electrons. The van der Waals surface area contributed by atoms with Crippen LogP contribution in [0.25, 0.3) is 0 Å². The largest absolute Gasteiger partial charge is 0.394 e. The van der Waals surface area contributed by atoms with Crippen molar-refractivity contribution >= 4 is 7.85 Å². The third kappa shape index (κ3) is 3.84. The SMILES string of the molecule is B[C@@H](CO)O[C@@H](CN)CO. The number of nitrogens with two attached hydrogens (primary N) is 1. The number of rotatable bonds is 5. The lowest BCUT2D eigenvalue weighted by Gasteiger charge is -2.17. The summed E-state index contributed by atoms with van der Waals surface area (Å²) in [5.41, 5.74) is 5.22. The van der Waals surface area contributed by atoms with Crippen molar-refractivity contribution in [2.24, 2.45) is 5.73 Å². The van der Waals surface area contributed by atoms with Crippen molar-refractivity contribution in [2.75, 3.05) is 19.8 Å². The Labute approximate surface area is 61.4 Å². The van der Waals surface area contributed by atoms with Crippen molar-refractivity contribution < 1.29 is 14.9 Å². The van der Waals surface area contributed by atoms with E-state index in [0.717, 1.165) is 0 Å². The maximum absolute atomic E-state index is 8.58. The van der Waals surface area contributed by atoms with Crippen molar-refractivity contribution in [2.45, 2.75) is 12.1 Å². The molecule has 0 aromatic heterocycles. The summed E-state index contributed by atoms with van der Waals surface area (Å²) < 4.78 is 5.07. The van der Waals surface area contributed by atoms with Gasteiger partial charge in [0.2, 0.25) is 0 Å². The van der Waals surface area contributed by atoms with Gasteiger partial charge in [-0.3, -0.25) is 0 Å². The lowest BCUT2D eigenvalue weighted by Crippen LogP contribution is -2.33. The molecular formula is C5H14BNO3. The summed E-state index contributed by atoms with van der Waals surface area (Å²) >= 11 is 0. The molecular weight excluding hydrogens is 133 g/mol. The van der Waals surface area contributed by atoms with Gasteiger partial charge >= 0.3 is 0 Å². The van der Waals surface area contributed by atoms with Crippen LogP contribution in [-0.4, -0.2) is 49.9 Å². The highest BCUT2D eigenvalue weighted by Gasteiger charge is 2.08. The highest BCUT2D eigenvalue weighted by Crippen LogP contribution is 1.92. The second-order valence-corrected chi connectivity index (χ2v) is 2.17. The molecule has 0 aliphatic carbocycles. The number of ether oxygens (including phenoxy) is 1. The van der Waals surface area contributed by atoms with Gasteiger partial charge in [-0.05, 0) is 0 Å². The molecule has 0 aliphatic rings. The predicted octanol–water partition coefficient (Wildman–Crippen LogP) is -2.73. The van der Waals surface area contributed by atoms with Crippen LogP contribution in [0.2, 0.25) is 0 Å².